The van der Waals surface area contributed by atoms with Gasteiger partial charge in [0.15, 0.2) is 0 Å². The first-order valence-corrected chi connectivity index (χ1v) is 7.93. The van der Waals surface area contributed by atoms with Crippen LogP contribution in [0, 0.1) is 0 Å². The molecule has 0 saturated carbocycles. The molecule has 3 aromatic rings. The Labute approximate surface area is 149 Å². The van der Waals surface area contributed by atoms with Crippen LogP contribution in [0.15, 0.2) is 53.6 Å². The molecule has 0 aliphatic heterocycles. The van der Waals surface area contributed by atoms with E-state index in [-0.39, 0.29) is 18.4 Å². The Balaban J connectivity index is 1.63. The lowest BCUT2D eigenvalue weighted by Crippen LogP contribution is -2.24. The smallest absolute Gasteiger partial charge is 0.308 e. The van der Waals surface area contributed by atoms with E-state index in [2.05, 4.69) is 20.8 Å². The van der Waals surface area contributed by atoms with Crippen LogP contribution in [0.4, 0.5) is 0 Å². The van der Waals surface area contributed by atoms with E-state index >= 15 is 0 Å². The van der Waals surface area contributed by atoms with Crippen LogP contribution in [-0.4, -0.2) is 32.6 Å². The van der Waals surface area contributed by atoms with Gasteiger partial charge < -0.3 is 4.74 Å². The number of hydrogen-bond acceptors (Lipinski definition) is 6. The van der Waals surface area contributed by atoms with Gasteiger partial charge in [0, 0.05) is 6.92 Å². The second kappa shape index (κ2) is 7.56. The number of para-hydroxylation sites is 1. The molecule has 0 fully saturated rings. The predicted octanol–water partition coefficient (Wildman–Crippen LogP) is 1.90. The standard InChI is InChI=1S/C18H17N5O3/c1-12(14-7-9-15(10-8-14)26-13(2)24)19-21-18(25)11-23-17-6-4-3-5-16(17)20-22-23/h3-10H,11H2,1-2H3,(H,21,25)/b19-12-. The van der Waals surface area contributed by atoms with Crippen LogP contribution in [0.3, 0.4) is 0 Å². The van der Waals surface area contributed by atoms with Gasteiger partial charge in [0.05, 0.1) is 11.2 Å². The topological polar surface area (TPSA) is 98.5 Å². The summed E-state index contributed by atoms with van der Waals surface area (Å²) in [5.74, 6) is -0.233. The molecule has 3 rings (SSSR count). The average molecular weight is 351 g/mol. The van der Waals surface area contributed by atoms with E-state index in [1.807, 2.05) is 24.3 Å². The van der Waals surface area contributed by atoms with Gasteiger partial charge in [-0.15, -0.1) is 5.10 Å². The molecule has 1 amide bonds. The third-order valence-electron chi connectivity index (χ3n) is 3.60. The van der Waals surface area contributed by atoms with Gasteiger partial charge in [0.2, 0.25) is 0 Å². The molecule has 0 aliphatic carbocycles. The summed E-state index contributed by atoms with van der Waals surface area (Å²) in [6.07, 6.45) is 0. The molecule has 2 aromatic carbocycles. The molecule has 8 nitrogen and oxygen atoms in total. The molecule has 0 saturated heterocycles. The van der Waals surface area contributed by atoms with Crippen LogP contribution in [0.5, 0.6) is 5.75 Å². The number of esters is 1. The Hall–Kier alpha value is -3.55. The number of hydrazone groups is 1. The van der Waals surface area contributed by atoms with E-state index in [0.29, 0.717) is 11.5 Å². The third-order valence-corrected chi connectivity index (χ3v) is 3.60. The Morgan fingerprint density at radius 1 is 1.12 bits per heavy atom. The minimum absolute atomic E-state index is 0.0166. The molecular formula is C18H17N5O3. The summed E-state index contributed by atoms with van der Waals surface area (Å²) in [5.41, 5.74) is 5.44. The van der Waals surface area contributed by atoms with E-state index in [1.165, 1.54) is 11.6 Å². The highest BCUT2D eigenvalue weighted by molar-refractivity contribution is 5.99. The normalized spacial score (nSPS) is 11.4. The zero-order valence-electron chi connectivity index (χ0n) is 14.3. The van der Waals surface area contributed by atoms with Crippen molar-refractivity contribution in [1.29, 1.82) is 0 Å². The monoisotopic (exact) mass is 351 g/mol. The van der Waals surface area contributed by atoms with Gasteiger partial charge in [-0.25, -0.2) is 10.1 Å². The molecular weight excluding hydrogens is 334 g/mol. The maximum Gasteiger partial charge on any atom is 0.308 e. The fourth-order valence-electron chi connectivity index (χ4n) is 2.35. The van der Waals surface area contributed by atoms with Gasteiger partial charge in [0.1, 0.15) is 17.8 Å². The van der Waals surface area contributed by atoms with Gasteiger partial charge in [-0.1, -0.05) is 17.3 Å². The number of benzene rings is 2. The van der Waals surface area contributed by atoms with Gasteiger partial charge in [-0.3, -0.25) is 9.59 Å². The maximum atomic E-state index is 12.1. The summed E-state index contributed by atoms with van der Waals surface area (Å²) < 4.78 is 6.49. The van der Waals surface area contributed by atoms with Gasteiger partial charge in [-0.2, -0.15) is 5.10 Å². The molecule has 1 aromatic heterocycles. The van der Waals surface area contributed by atoms with Crippen molar-refractivity contribution in [2.75, 3.05) is 0 Å². The van der Waals surface area contributed by atoms with Gasteiger partial charge >= 0.3 is 5.97 Å². The van der Waals surface area contributed by atoms with Crippen molar-refractivity contribution >= 4 is 28.6 Å². The largest absolute Gasteiger partial charge is 0.427 e. The second-order valence-corrected chi connectivity index (χ2v) is 5.59. The molecule has 1 N–H and O–H groups in total. The summed E-state index contributed by atoms with van der Waals surface area (Å²) in [7, 11) is 0. The molecule has 0 spiro atoms. The lowest BCUT2D eigenvalue weighted by atomic mass is 10.1. The molecule has 8 heteroatoms. The first-order valence-electron chi connectivity index (χ1n) is 7.93. The van der Waals surface area contributed by atoms with Gasteiger partial charge in [-0.05, 0) is 48.9 Å². The van der Waals surface area contributed by atoms with Crippen molar-refractivity contribution in [1.82, 2.24) is 20.4 Å². The van der Waals surface area contributed by atoms with Crippen LogP contribution in [0.25, 0.3) is 11.0 Å². The summed E-state index contributed by atoms with van der Waals surface area (Å²) in [5, 5.41) is 12.1. The number of carbonyl (C=O) groups is 2. The zero-order valence-corrected chi connectivity index (χ0v) is 14.3. The van der Waals surface area contributed by atoms with E-state index < -0.39 is 0 Å². The molecule has 0 bridgehead atoms. The lowest BCUT2D eigenvalue weighted by Gasteiger charge is -2.05. The summed E-state index contributed by atoms with van der Waals surface area (Å²) in [6, 6.07) is 14.3. The number of nitrogens with one attached hydrogen (secondary N) is 1. The van der Waals surface area contributed by atoms with Crippen molar-refractivity contribution in [3.8, 4) is 5.75 Å². The Morgan fingerprint density at radius 3 is 2.58 bits per heavy atom. The summed E-state index contributed by atoms with van der Waals surface area (Å²) >= 11 is 0. The number of amides is 1. The number of carbonyl (C=O) groups excluding carboxylic acids is 2. The van der Waals surface area contributed by atoms with E-state index in [4.69, 9.17) is 4.74 Å². The SMILES string of the molecule is CC(=O)Oc1ccc(/C(C)=N\NC(=O)Cn2nnc3ccccc32)cc1. The first-order chi connectivity index (χ1) is 12.5. The van der Waals surface area contributed by atoms with Crippen LogP contribution >= 0.6 is 0 Å². The minimum atomic E-state index is -0.379. The molecule has 1 heterocycles. The van der Waals surface area contributed by atoms with Crippen molar-refractivity contribution < 1.29 is 14.3 Å². The van der Waals surface area contributed by atoms with Crippen molar-refractivity contribution in [3.63, 3.8) is 0 Å². The zero-order chi connectivity index (χ0) is 18.5. The number of ether oxygens (including phenoxy) is 1. The highest BCUT2D eigenvalue weighted by atomic mass is 16.5. The second-order valence-electron chi connectivity index (χ2n) is 5.59. The maximum absolute atomic E-state index is 12.1. The minimum Gasteiger partial charge on any atom is -0.427 e. The Morgan fingerprint density at radius 2 is 1.85 bits per heavy atom. The number of hydrogen-bond donors (Lipinski definition) is 1. The Bertz CT molecular complexity index is 976. The Kier molecular flexibility index (Phi) is 5.02. The predicted molar refractivity (Wildman–Crippen MR) is 95.6 cm³/mol. The molecule has 26 heavy (non-hydrogen) atoms. The molecule has 0 aliphatic rings. The van der Waals surface area contributed by atoms with Crippen LogP contribution in [0.1, 0.15) is 19.4 Å². The fourth-order valence-corrected chi connectivity index (χ4v) is 2.35. The number of fused-ring (bicyclic) bond motifs is 1. The molecule has 132 valence electrons. The lowest BCUT2D eigenvalue weighted by molar-refractivity contribution is -0.131. The van der Waals surface area contributed by atoms with Gasteiger partial charge in [0.25, 0.3) is 5.91 Å². The first kappa shape index (κ1) is 17.3. The quantitative estimate of drug-likeness (QED) is 0.328. The number of aromatic nitrogens is 3. The van der Waals surface area contributed by atoms with Crippen molar-refractivity contribution in [2.45, 2.75) is 20.4 Å². The van der Waals surface area contributed by atoms with Crippen molar-refractivity contribution in [2.24, 2.45) is 5.10 Å². The highest BCUT2D eigenvalue weighted by Gasteiger charge is 2.08. The molecule has 0 radical (unpaired) electrons. The van der Waals surface area contributed by atoms with Crippen molar-refractivity contribution in [3.05, 3.63) is 54.1 Å². The van der Waals surface area contributed by atoms with Crippen LogP contribution in [-0.2, 0) is 16.1 Å². The number of nitrogens with zero attached hydrogens (tertiary/aromatic N) is 4. The number of rotatable bonds is 5. The van der Waals surface area contributed by atoms with E-state index in [9.17, 15) is 9.59 Å². The van der Waals surface area contributed by atoms with E-state index in [0.717, 1.165) is 16.6 Å². The highest BCUT2D eigenvalue weighted by Crippen LogP contribution is 2.13. The van der Waals surface area contributed by atoms with Crippen LogP contribution in [0.2, 0.25) is 0 Å². The van der Waals surface area contributed by atoms with E-state index in [1.54, 1.807) is 31.2 Å². The molecule has 0 atom stereocenters. The van der Waals surface area contributed by atoms with Crippen LogP contribution < -0.4 is 10.2 Å². The molecule has 0 unspecified atom stereocenters. The summed E-state index contributed by atoms with van der Waals surface area (Å²) in [4.78, 5) is 23.0. The third kappa shape index (κ3) is 4.10. The summed E-state index contributed by atoms with van der Waals surface area (Å²) in [6.45, 7) is 3.13. The average Bonchev–Trinajstić information content (AvgIpc) is 3.03. The fraction of sp³-hybridized carbons (Fsp3) is 0.167.